The van der Waals surface area contributed by atoms with Gasteiger partial charge in [0.1, 0.15) is 0 Å². The molecule has 102 valence electrons. The Morgan fingerprint density at radius 3 is 3.05 bits per heavy atom. The Morgan fingerprint density at radius 2 is 2.10 bits per heavy atom. The fraction of sp³-hybridized carbons (Fsp3) is 0.214. The molecule has 1 N–H and O–H groups in total. The molecular formula is C14H11NO3S2. The van der Waals surface area contributed by atoms with Gasteiger partial charge in [-0.3, -0.25) is 4.79 Å². The van der Waals surface area contributed by atoms with E-state index in [4.69, 9.17) is 9.47 Å². The third kappa shape index (κ3) is 1.96. The molecule has 20 heavy (non-hydrogen) atoms. The van der Waals surface area contributed by atoms with Crippen LogP contribution in [0.1, 0.15) is 15.7 Å². The van der Waals surface area contributed by atoms with Gasteiger partial charge in [-0.15, -0.1) is 23.1 Å². The third-order valence-electron chi connectivity index (χ3n) is 3.29. The van der Waals surface area contributed by atoms with Crippen LogP contribution in [-0.2, 0) is 4.79 Å². The molecule has 0 spiro atoms. The Kier molecular flexibility index (Phi) is 2.85. The summed E-state index contributed by atoms with van der Waals surface area (Å²) in [6, 6.07) is 7.96. The van der Waals surface area contributed by atoms with Crippen molar-refractivity contribution < 1.29 is 14.3 Å². The van der Waals surface area contributed by atoms with Crippen LogP contribution >= 0.6 is 23.1 Å². The van der Waals surface area contributed by atoms with Gasteiger partial charge in [0, 0.05) is 4.88 Å². The molecule has 6 heteroatoms. The highest BCUT2D eigenvalue weighted by atomic mass is 32.2. The van der Waals surface area contributed by atoms with Crippen LogP contribution in [0.15, 0.2) is 29.6 Å². The van der Waals surface area contributed by atoms with E-state index in [-0.39, 0.29) is 18.0 Å². The summed E-state index contributed by atoms with van der Waals surface area (Å²) in [6.07, 6.45) is 0. The van der Waals surface area contributed by atoms with E-state index in [0.717, 1.165) is 22.7 Å². The highest BCUT2D eigenvalue weighted by molar-refractivity contribution is 8.00. The number of hydrogen-bond donors (Lipinski definition) is 1. The lowest BCUT2D eigenvalue weighted by atomic mass is 10.1. The maximum absolute atomic E-state index is 11.7. The van der Waals surface area contributed by atoms with E-state index in [0.29, 0.717) is 5.75 Å². The summed E-state index contributed by atoms with van der Waals surface area (Å²) in [5.41, 5.74) is 2.06. The van der Waals surface area contributed by atoms with Gasteiger partial charge in [-0.05, 0) is 29.1 Å². The summed E-state index contributed by atoms with van der Waals surface area (Å²) < 4.78 is 10.8. The Morgan fingerprint density at radius 1 is 1.20 bits per heavy atom. The van der Waals surface area contributed by atoms with Crippen molar-refractivity contribution in [2.24, 2.45) is 0 Å². The van der Waals surface area contributed by atoms with Crippen molar-refractivity contribution in [1.29, 1.82) is 0 Å². The quantitative estimate of drug-likeness (QED) is 0.878. The second-order valence-electron chi connectivity index (χ2n) is 4.55. The molecule has 0 aliphatic carbocycles. The topological polar surface area (TPSA) is 47.6 Å². The molecule has 3 heterocycles. The number of amides is 1. The van der Waals surface area contributed by atoms with Gasteiger partial charge in [0.25, 0.3) is 0 Å². The zero-order valence-electron chi connectivity index (χ0n) is 10.4. The number of thioether (sulfide) groups is 1. The lowest BCUT2D eigenvalue weighted by molar-refractivity contribution is -0.113. The molecule has 0 saturated carbocycles. The van der Waals surface area contributed by atoms with Crippen LogP contribution in [0.4, 0.5) is 5.69 Å². The molecule has 1 aromatic carbocycles. The molecule has 4 rings (SSSR count). The third-order valence-corrected chi connectivity index (χ3v) is 5.69. The first-order valence-corrected chi connectivity index (χ1v) is 8.12. The fourth-order valence-electron chi connectivity index (χ4n) is 2.37. The van der Waals surface area contributed by atoms with E-state index >= 15 is 0 Å². The van der Waals surface area contributed by atoms with E-state index in [1.165, 1.54) is 4.88 Å². The number of fused-ring (bicyclic) bond motifs is 2. The summed E-state index contributed by atoms with van der Waals surface area (Å²) in [7, 11) is 0. The number of hydrogen-bond acceptors (Lipinski definition) is 5. The standard InChI is InChI=1S/C14H11NO3S2/c16-12-6-20-13(14-9(15-12)3-4-19-14)8-1-2-10-11(5-8)18-7-17-10/h1-5,13H,6-7H2,(H,15,16)/t13-/m0/s1. The van der Waals surface area contributed by atoms with E-state index in [2.05, 4.69) is 5.32 Å². The number of carbonyl (C=O) groups is 1. The van der Waals surface area contributed by atoms with Crippen LogP contribution in [0, 0.1) is 0 Å². The summed E-state index contributed by atoms with van der Waals surface area (Å²) in [6.45, 7) is 0.279. The molecule has 1 aromatic heterocycles. The van der Waals surface area contributed by atoms with Gasteiger partial charge >= 0.3 is 0 Å². The van der Waals surface area contributed by atoms with Gasteiger partial charge in [0.2, 0.25) is 12.7 Å². The Labute approximate surface area is 124 Å². The lowest BCUT2D eigenvalue weighted by Crippen LogP contribution is -2.11. The van der Waals surface area contributed by atoms with Gasteiger partial charge in [-0.25, -0.2) is 0 Å². The van der Waals surface area contributed by atoms with Crippen LogP contribution in [0.5, 0.6) is 11.5 Å². The molecule has 0 radical (unpaired) electrons. The second-order valence-corrected chi connectivity index (χ2v) is 6.59. The number of carbonyl (C=O) groups excluding carboxylic acids is 1. The van der Waals surface area contributed by atoms with Crippen molar-refractivity contribution in [1.82, 2.24) is 0 Å². The fourth-order valence-corrected chi connectivity index (χ4v) is 4.61. The van der Waals surface area contributed by atoms with Crippen LogP contribution in [0.2, 0.25) is 0 Å². The van der Waals surface area contributed by atoms with E-state index in [1.807, 2.05) is 29.6 Å². The van der Waals surface area contributed by atoms with Crippen LogP contribution in [-0.4, -0.2) is 18.5 Å². The van der Waals surface area contributed by atoms with E-state index < -0.39 is 0 Å². The summed E-state index contributed by atoms with van der Waals surface area (Å²) in [4.78, 5) is 12.9. The second kappa shape index (κ2) is 4.71. The number of rotatable bonds is 1. The Hall–Kier alpha value is -1.66. The Balaban J connectivity index is 1.77. The number of benzene rings is 1. The van der Waals surface area contributed by atoms with Gasteiger partial charge in [-0.1, -0.05) is 6.07 Å². The molecule has 0 unspecified atom stereocenters. The van der Waals surface area contributed by atoms with Crippen molar-refractivity contribution >= 4 is 34.7 Å². The molecule has 2 aromatic rings. The van der Waals surface area contributed by atoms with Crippen molar-refractivity contribution in [2.75, 3.05) is 17.9 Å². The first-order valence-electron chi connectivity index (χ1n) is 6.19. The van der Waals surface area contributed by atoms with Crippen molar-refractivity contribution in [3.05, 3.63) is 40.1 Å². The molecule has 1 amide bonds. The van der Waals surface area contributed by atoms with Crippen LogP contribution in [0.3, 0.4) is 0 Å². The molecule has 0 bridgehead atoms. The predicted octanol–water partition coefficient (Wildman–Crippen LogP) is 3.25. The molecule has 0 fully saturated rings. The average Bonchev–Trinajstić information content (AvgIpc) is 3.05. The minimum Gasteiger partial charge on any atom is -0.454 e. The largest absolute Gasteiger partial charge is 0.454 e. The first-order chi connectivity index (χ1) is 9.81. The average molecular weight is 305 g/mol. The normalized spacial score (nSPS) is 20.2. The molecule has 0 saturated heterocycles. The predicted molar refractivity (Wildman–Crippen MR) is 79.8 cm³/mol. The van der Waals surface area contributed by atoms with Crippen LogP contribution < -0.4 is 14.8 Å². The number of nitrogens with one attached hydrogen (secondary N) is 1. The van der Waals surface area contributed by atoms with Gasteiger partial charge in [0.05, 0.1) is 16.7 Å². The number of thiophene rings is 1. The monoisotopic (exact) mass is 305 g/mol. The van der Waals surface area contributed by atoms with Crippen molar-refractivity contribution in [2.45, 2.75) is 5.25 Å². The highest BCUT2D eigenvalue weighted by Gasteiger charge is 2.26. The minimum atomic E-state index is 0.0536. The number of ether oxygens (including phenoxy) is 2. The summed E-state index contributed by atoms with van der Waals surface area (Å²) >= 11 is 3.31. The first kappa shape index (κ1) is 12.1. The molecule has 1 atom stereocenters. The van der Waals surface area contributed by atoms with Crippen LogP contribution in [0.25, 0.3) is 0 Å². The minimum absolute atomic E-state index is 0.0536. The van der Waals surface area contributed by atoms with Crippen molar-refractivity contribution in [3.8, 4) is 11.5 Å². The van der Waals surface area contributed by atoms with Gasteiger partial charge < -0.3 is 14.8 Å². The molecule has 2 aliphatic rings. The Bertz CT molecular complexity index is 683. The lowest BCUT2D eigenvalue weighted by Gasteiger charge is -2.14. The maximum Gasteiger partial charge on any atom is 0.234 e. The molecular weight excluding hydrogens is 294 g/mol. The van der Waals surface area contributed by atoms with Crippen molar-refractivity contribution in [3.63, 3.8) is 0 Å². The summed E-state index contributed by atoms with van der Waals surface area (Å²) in [5, 5.41) is 5.11. The molecule has 2 aliphatic heterocycles. The van der Waals surface area contributed by atoms with E-state index in [1.54, 1.807) is 23.1 Å². The summed E-state index contributed by atoms with van der Waals surface area (Å²) in [5.74, 6) is 2.08. The number of anilines is 1. The van der Waals surface area contributed by atoms with E-state index in [9.17, 15) is 4.79 Å². The SMILES string of the molecule is O=C1CS[C@@H](c2ccc3c(c2)OCO3)c2sccc2N1. The van der Waals surface area contributed by atoms with Gasteiger partial charge in [-0.2, -0.15) is 0 Å². The zero-order valence-corrected chi connectivity index (χ0v) is 12.1. The maximum atomic E-state index is 11.7. The smallest absolute Gasteiger partial charge is 0.234 e. The zero-order chi connectivity index (χ0) is 13.5. The highest BCUT2D eigenvalue weighted by Crippen LogP contribution is 2.46. The van der Waals surface area contributed by atoms with Gasteiger partial charge in [0.15, 0.2) is 11.5 Å². The molecule has 4 nitrogen and oxygen atoms in total.